The van der Waals surface area contributed by atoms with Crippen LogP contribution in [0.3, 0.4) is 0 Å². The van der Waals surface area contributed by atoms with Crippen molar-refractivity contribution in [1.82, 2.24) is 20.7 Å². The van der Waals surface area contributed by atoms with Crippen molar-refractivity contribution in [1.29, 1.82) is 0 Å². The van der Waals surface area contributed by atoms with Crippen LogP contribution in [0.15, 0.2) is 48.7 Å². The number of nitrogens with zero attached hydrogens (tertiary/aromatic N) is 2. The third kappa shape index (κ3) is 3.74. The zero-order valence-corrected chi connectivity index (χ0v) is 15.6. The molecule has 2 saturated heterocycles. The molecule has 0 radical (unpaired) electrons. The van der Waals surface area contributed by atoms with E-state index in [1.165, 1.54) is 5.56 Å². The van der Waals surface area contributed by atoms with Crippen LogP contribution >= 0.6 is 0 Å². The lowest BCUT2D eigenvalue weighted by atomic mass is 9.84. The summed E-state index contributed by atoms with van der Waals surface area (Å²) in [6.07, 6.45) is 3.56. The van der Waals surface area contributed by atoms with E-state index in [0.717, 1.165) is 11.3 Å². The Morgan fingerprint density at radius 1 is 1.15 bits per heavy atom. The Hall–Kier alpha value is -2.28. The lowest BCUT2D eigenvalue weighted by Gasteiger charge is -2.39. The minimum Gasteiger partial charge on any atom is -0.385 e. The van der Waals surface area contributed by atoms with E-state index in [0.29, 0.717) is 32.4 Å². The first-order chi connectivity index (χ1) is 13.0. The normalized spacial score (nSPS) is 24.7. The summed E-state index contributed by atoms with van der Waals surface area (Å²) in [5.41, 5.74) is 8.51. The number of aryl methyl sites for hydroxylation is 1. The highest BCUT2D eigenvalue weighted by atomic mass is 16.3. The molecule has 2 aliphatic heterocycles. The van der Waals surface area contributed by atoms with Gasteiger partial charge in [0.2, 0.25) is 5.91 Å². The molecule has 0 spiro atoms. The third-order valence-corrected chi connectivity index (χ3v) is 5.74. The van der Waals surface area contributed by atoms with Gasteiger partial charge in [-0.15, -0.1) is 0 Å². The summed E-state index contributed by atoms with van der Waals surface area (Å²) >= 11 is 0. The van der Waals surface area contributed by atoms with E-state index in [9.17, 15) is 9.90 Å². The van der Waals surface area contributed by atoms with Gasteiger partial charge in [-0.2, -0.15) is 0 Å². The number of nitrogens with one attached hydrogen (secondary N) is 2. The van der Waals surface area contributed by atoms with E-state index in [2.05, 4.69) is 15.8 Å². The molecule has 142 valence electrons. The van der Waals surface area contributed by atoms with E-state index >= 15 is 0 Å². The molecule has 4 rings (SSSR count). The van der Waals surface area contributed by atoms with Gasteiger partial charge in [-0.3, -0.25) is 9.78 Å². The number of aliphatic hydroxyl groups is 1. The van der Waals surface area contributed by atoms with Crippen LogP contribution in [-0.4, -0.2) is 40.0 Å². The summed E-state index contributed by atoms with van der Waals surface area (Å²) in [6.45, 7) is 3.17. The average Bonchev–Trinajstić information content (AvgIpc) is 3.19. The zero-order valence-electron chi connectivity index (χ0n) is 15.6. The molecule has 0 aliphatic carbocycles. The van der Waals surface area contributed by atoms with E-state index < -0.39 is 5.60 Å². The van der Waals surface area contributed by atoms with E-state index in [-0.39, 0.29) is 18.0 Å². The van der Waals surface area contributed by atoms with Crippen LogP contribution < -0.4 is 10.9 Å². The van der Waals surface area contributed by atoms with Gasteiger partial charge in [-0.25, -0.2) is 10.9 Å². The molecular weight excluding hydrogens is 340 g/mol. The SMILES string of the molecule is Cc1ccc(C2(O)CCN(C(=O)C3CC(c4ccccn4)NN3)CC2)cc1. The number of likely N-dealkylation sites (tertiary alicyclic amines) is 1. The molecule has 6 nitrogen and oxygen atoms in total. The summed E-state index contributed by atoms with van der Waals surface area (Å²) < 4.78 is 0. The third-order valence-electron chi connectivity index (χ3n) is 5.74. The second-order valence-electron chi connectivity index (χ2n) is 7.61. The summed E-state index contributed by atoms with van der Waals surface area (Å²) in [7, 11) is 0. The van der Waals surface area contributed by atoms with E-state index in [1.807, 2.05) is 54.3 Å². The number of rotatable bonds is 3. The Balaban J connectivity index is 1.36. The Morgan fingerprint density at radius 2 is 1.89 bits per heavy atom. The molecule has 2 atom stereocenters. The molecule has 3 heterocycles. The summed E-state index contributed by atoms with van der Waals surface area (Å²) in [5.74, 6) is 0.0897. The fourth-order valence-electron chi connectivity index (χ4n) is 3.96. The van der Waals surface area contributed by atoms with Crippen LogP contribution in [0.25, 0.3) is 0 Å². The lowest BCUT2D eigenvalue weighted by molar-refractivity contribution is -0.137. The molecule has 2 aromatic rings. The molecule has 0 saturated carbocycles. The van der Waals surface area contributed by atoms with Crippen LogP contribution in [0.4, 0.5) is 0 Å². The van der Waals surface area contributed by atoms with Crippen molar-refractivity contribution in [2.45, 2.75) is 43.9 Å². The molecule has 3 N–H and O–H groups in total. The lowest BCUT2D eigenvalue weighted by Crippen LogP contribution is -2.51. The molecule has 1 aromatic carbocycles. The first-order valence-electron chi connectivity index (χ1n) is 9.55. The van der Waals surface area contributed by atoms with Crippen molar-refractivity contribution in [2.75, 3.05) is 13.1 Å². The van der Waals surface area contributed by atoms with E-state index in [1.54, 1.807) is 6.20 Å². The standard InChI is InChI=1S/C21H26N4O2/c1-15-5-7-16(8-6-15)21(27)9-12-25(13-10-21)20(26)19-14-18(23-24-19)17-4-2-3-11-22-17/h2-8,11,18-19,23-24,27H,9-10,12-14H2,1H3. The van der Waals surface area contributed by atoms with Crippen molar-refractivity contribution in [3.63, 3.8) is 0 Å². The highest BCUT2D eigenvalue weighted by Crippen LogP contribution is 2.33. The van der Waals surface area contributed by atoms with Gasteiger partial charge in [0, 0.05) is 19.3 Å². The van der Waals surface area contributed by atoms with Crippen molar-refractivity contribution in [2.24, 2.45) is 0 Å². The van der Waals surface area contributed by atoms with Crippen LogP contribution in [0.2, 0.25) is 0 Å². The number of amides is 1. The molecule has 6 heteroatoms. The Bertz CT molecular complexity index is 786. The molecule has 2 unspecified atom stereocenters. The summed E-state index contributed by atoms with van der Waals surface area (Å²) in [5, 5.41) is 11.0. The van der Waals surface area contributed by atoms with Gasteiger partial charge >= 0.3 is 0 Å². The highest BCUT2D eigenvalue weighted by molar-refractivity contribution is 5.82. The van der Waals surface area contributed by atoms with Crippen molar-refractivity contribution >= 4 is 5.91 Å². The maximum absolute atomic E-state index is 12.9. The molecule has 2 aliphatic rings. The number of aromatic nitrogens is 1. The largest absolute Gasteiger partial charge is 0.385 e. The monoisotopic (exact) mass is 366 g/mol. The molecular formula is C21H26N4O2. The maximum Gasteiger partial charge on any atom is 0.241 e. The van der Waals surface area contributed by atoms with E-state index in [4.69, 9.17) is 0 Å². The predicted molar refractivity (Wildman–Crippen MR) is 103 cm³/mol. The Labute approximate surface area is 159 Å². The molecule has 1 aromatic heterocycles. The number of carbonyl (C=O) groups excluding carboxylic acids is 1. The van der Waals surface area contributed by atoms with Crippen molar-refractivity contribution in [3.05, 3.63) is 65.5 Å². The summed E-state index contributed by atoms with van der Waals surface area (Å²) in [6, 6.07) is 13.6. The van der Waals surface area contributed by atoms with Gasteiger partial charge in [-0.05, 0) is 43.9 Å². The van der Waals surface area contributed by atoms with Gasteiger partial charge < -0.3 is 10.0 Å². The highest BCUT2D eigenvalue weighted by Gasteiger charge is 2.39. The number of hydrogen-bond donors (Lipinski definition) is 3. The fraction of sp³-hybridized carbons (Fsp3) is 0.429. The maximum atomic E-state index is 12.9. The van der Waals surface area contributed by atoms with Gasteiger partial charge in [0.25, 0.3) is 0 Å². The van der Waals surface area contributed by atoms with Crippen LogP contribution in [0, 0.1) is 6.92 Å². The second-order valence-corrected chi connectivity index (χ2v) is 7.61. The minimum absolute atomic E-state index is 0.0365. The number of hydrogen-bond acceptors (Lipinski definition) is 5. The topological polar surface area (TPSA) is 77.5 Å². The fourth-order valence-corrected chi connectivity index (χ4v) is 3.96. The smallest absolute Gasteiger partial charge is 0.241 e. The quantitative estimate of drug-likeness (QED) is 0.772. The van der Waals surface area contributed by atoms with Gasteiger partial charge in [0.1, 0.15) is 6.04 Å². The first-order valence-corrected chi connectivity index (χ1v) is 9.55. The molecule has 1 amide bonds. The average molecular weight is 366 g/mol. The molecule has 0 bridgehead atoms. The van der Waals surface area contributed by atoms with Gasteiger partial charge in [-0.1, -0.05) is 35.9 Å². The van der Waals surface area contributed by atoms with Crippen molar-refractivity contribution < 1.29 is 9.90 Å². The van der Waals surface area contributed by atoms with Crippen LogP contribution in [-0.2, 0) is 10.4 Å². The van der Waals surface area contributed by atoms with Gasteiger partial charge in [0.05, 0.1) is 17.3 Å². The number of hydrazine groups is 1. The predicted octanol–water partition coefficient (Wildman–Crippen LogP) is 1.81. The molecule has 27 heavy (non-hydrogen) atoms. The zero-order chi connectivity index (χ0) is 18.9. The molecule has 2 fully saturated rings. The number of benzene rings is 1. The van der Waals surface area contributed by atoms with Crippen LogP contribution in [0.1, 0.15) is 42.1 Å². The Morgan fingerprint density at radius 3 is 2.56 bits per heavy atom. The Kier molecular flexibility index (Phi) is 4.95. The van der Waals surface area contributed by atoms with Gasteiger partial charge in [0.15, 0.2) is 0 Å². The number of carbonyl (C=O) groups is 1. The minimum atomic E-state index is -0.845. The van der Waals surface area contributed by atoms with Crippen molar-refractivity contribution in [3.8, 4) is 0 Å². The first kappa shape index (κ1) is 18.1. The summed E-state index contributed by atoms with van der Waals surface area (Å²) in [4.78, 5) is 19.1. The van der Waals surface area contributed by atoms with Crippen LogP contribution in [0.5, 0.6) is 0 Å². The second kappa shape index (κ2) is 7.38. The number of pyridine rings is 1. The number of piperidine rings is 1.